The first-order valence-electron chi connectivity index (χ1n) is 8.76. The third kappa shape index (κ3) is 3.90. The lowest BCUT2D eigenvalue weighted by atomic mass is 10.0. The lowest BCUT2D eigenvalue weighted by Gasteiger charge is -2.18. The Morgan fingerprint density at radius 1 is 1.15 bits per heavy atom. The van der Waals surface area contributed by atoms with Gasteiger partial charge >= 0.3 is 0 Å². The van der Waals surface area contributed by atoms with Crippen molar-refractivity contribution in [3.8, 4) is 11.4 Å². The number of amides is 1. The Morgan fingerprint density at radius 3 is 2.85 bits per heavy atom. The summed E-state index contributed by atoms with van der Waals surface area (Å²) < 4.78 is 5.27. The molecule has 0 fully saturated rings. The molecule has 5 nitrogen and oxygen atoms in total. The maximum absolute atomic E-state index is 12.5. The minimum Gasteiger partial charge on any atom is -0.341 e. The number of hydrogen-bond acceptors (Lipinski definition) is 5. The summed E-state index contributed by atoms with van der Waals surface area (Å²) in [6.45, 7) is 0.574. The lowest BCUT2D eigenvalue weighted by molar-refractivity contribution is -0.130. The van der Waals surface area contributed by atoms with E-state index in [1.54, 1.807) is 16.2 Å². The standard InChI is InChI=1S/C21H19N3O2S/c1-24(13-16-7-4-6-15-5-2-3-8-18(15)16)20(25)10-9-19-22-21(23-26-19)17-11-12-27-14-17/h2-8,11-12,14H,9-10,13H2,1H3. The summed E-state index contributed by atoms with van der Waals surface area (Å²) in [6.07, 6.45) is 0.780. The van der Waals surface area contributed by atoms with Crippen molar-refractivity contribution in [2.24, 2.45) is 0 Å². The summed E-state index contributed by atoms with van der Waals surface area (Å²) in [4.78, 5) is 18.6. The fourth-order valence-electron chi connectivity index (χ4n) is 3.04. The molecule has 0 aliphatic rings. The number of nitrogens with zero attached hydrogens (tertiary/aromatic N) is 3. The fourth-order valence-corrected chi connectivity index (χ4v) is 3.68. The van der Waals surface area contributed by atoms with Crippen molar-refractivity contribution >= 4 is 28.0 Å². The van der Waals surface area contributed by atoms with E-state index < -0.39 is 0 Å². The zero-order chi connectivity index (χ0) is 18.6. The maximum atomic E-state index is 12.5. The Morgan fingerprint density at radius 2 is 2.00 bits per heavy atom. The highest BCUT2D eigenvalue weighted by Gasteiger charge is 2.14. The molecule has 0 atom stereocenters. The van der Waals surface area contributed by atoms with Gasteiger partial charge in [-0.3, -0.25) is 4.79 Å². The molecule has 0 unspecified atom stereocenters. The largest absolute Gasteiger partial charge is 0.341 e. The zero-order valence-electron chi connectivity index (χ0n) is 15.0. The molecule has 0 aliphatic heterocycles. The van der Waals surface area contributed by atoms with Crippen molar-refractivity contribution in [3.05, 3.63) is 70.7 Å². The average molecular weight is 377 g/mol. The van der Waals surface area contributed by atoms with E-state index in [9.17, 15) is 4.79 Å². The van der Waals surface area contributed by atoms with E-state index in [0.29, 0.717) is 31.1 Å². The molecule has 6 heteroatoms. The molecule has 4 rings (SSSR count). The Kier molecular flexibility index (Phi) is 4.98. The van der Waals surface area contributed by atoms with Gasteiger partial charge in [-0.25, -0.2) is 0 Å². The number of fused-ring (bicyclic) bond motifs is 1. The first kappa shape index (κ1) is 17.4. The normalized spacial score (nSPS) is 11.0. The van der Waals surface area contributed by atoms with Gasteiger partial charge in [0, 0.05) is 37.4 Å². The van der Waals surface area contributed by atoms with Crippen LogP contribution in [0.3, 0.4) is 0 Å². The van der Waals surface area contributed by atoms with Gasteiger partial charge < -0.3 is 9.42 Å². The molecule has 2 aromatic heterocycles. The van der Waals surface area contributed by atoms with Crippen LogP contribution in [0.5, 0.6) is 0 Å². The van der Waals surface area contributed by atoms with Crippen LogP contribution in [0.15, 0.2) is 63.8 Å². The maximum Gasteiger partial charge on any atom is 0.227 e. The predicted molar refractivity (Wildman–Crippen MR) is 106 cm³/mol. The molecule has 0 saturated heterocycles. The highest BCUT2D eigenvalue weighted by Crippen LogP contribution is 2.21. The van der Waals surface area contributed by atoms with Crippen LogP contribution in [0.1, 0.15) is 17.9 Å². The third-order valence-corrected chi connectivity index (χ3v) is 5.20. The number of rotatable bonds is 6. The number of thiophene rings is 1. The second-order valence-electron chi connectivity index (χ2n) is 6.41. The topological polar surface area (TPSA) is 59.2 Å². The van der Waals surface area contributed by atoms with Crippen molar-refractivity contribution in [2.45, 2.75) is 19.4 Å². The number of benzene rings is 2. The molecule has 2 heterocycles. The molecule has 2 aromatic carbocycles. The number of aryl methyl sites for hydroxylation is 1. The molecule has 136 valence electrons. The van der Waals surface area contributed by atoms with E-state index in [-0.39, 0.29) is 5.91 Å². The Bertz CT molecular complexity index is 1050. The Balaban J connectivity index is 1.38. The molecule has 0 bridgehead atoms. The van der Waals surface area contributed by atoms with Gasteiger partial charge in [-0.05, 0) is 27.8 Å². The monoisotopic (exact) mass is 377 g/mol. The van der Waals surface area contributed by atoms with E-state index in [1.807, 2.05) is 42.1 Å². The number of aromatic nitrogens is 2. The van der Waals surface area contributed by atoms with Gasteiger partial charge in [0.2, 0.25) is 17.6 Å². The summed E-state index contributed by atoms with van der Waals surface area (Å²) >= 11 is 1.58. The van der Waals surface area contributed by atoms with Gasteiger partial charge in [0.05, 0.1) is 0 Å². The van der Waals surface area contributed by atoms with E-state index in [1.165, 1.54) is 10.8 Å². The predicted octanol–water partition coefficient (Wildman–Crippen LogP) is 4.54. The second kappa shape index (κ2) is 7.72. The number of carbonyl (C=O) groups is 1. The summed E-state index contributed by atoms with van der Waals surface area (Å²) in [6, 6.07) is 16.3. The second-order valence-corrected chi connectivity index (χ2v) is 7.19. The quantitative estimate of drug-likeness (QED) is 0.495. The van der Waals surface area contributed by atoms with Crippen LogP contribution in [0.25, 0.3) is 22.2 Å². The SMILES string of the molecule is CN(Cc1cccc2ccccc12)C(=O)CCc1nc(-c2ccsc2)no1. The highest BCUT2D eigenvalue weighted by molar-refractivity contribution is 7.08. The first-order valence-corrected chi connectivity index (χ1v) is 9.71. The molecular weight excluding hydrogens is 358 g/mol. The van der Waals surface area contributed by atoms with Crippen molar-refractivity contribution in [1.29, 1.82) is 0 Å². The first-order chi connectivity index (χ1) is 13.2. The van der Waals surface area contributed by atoms with Gasteiger partial charge in [0.15, 0.2) is 0 Å². The summed E-state index contributed by atoms with van der Waals surface area (Å²) in [5, 5.41) is 10.3. The van der Waals surface area contributed by atoms with Crippen LogP contribution in [0.4, 0.5) is 0 Å². The minimum absolute atomic E-state index is 0.0539. The van der Waals surface area contributed by atoms with Gasteiger partial charge in [0.25, 0.3) is 0 Å². The smallest absolute Gasteiger partial charge is 0.227 e. The van der Waals surface area contributed by atoms with Crippen LogP contribution < -0.4 is 0 Å². The van der Waals surface area contributed by atoms with Crippen LogP contribution >= 0.6 is 11.3 Å². The molecule has 27 heavy (non-hydrogen) atoms. The van der Waals surface area contributed by atoms with Gasteiger partial charge in [-0.2, -0.15) is 16.3 Å². The number of carbonyl (C=O) groups excluding carboxylic acids is 1. The summed E-state index contributed by atoms with van der Waals surface area (Å²) in [5.74, 6) is 1.11. The van der Waals surface area contributed by atoms with Crippen molar-refractivity contribution < 1.29 is 9.32 Å². The van der Waals surface area contributed by atoms with Crippen molar-refractivity contribution in [2.75, 3.05) is 7.05 Å². The van der Waals surface area contributed by atoms with E-state index in [2.05, 4.69) is 34.4 Å². The lowest BCUT2D eigenvalue weighted by Crippen LogP contribution is -2.26. The molecule has 0 aliphatic carbocycles. The van der Waals surface area contributed by atoms with Gasteiger partial charge in [-0.15, -0.1) is 0 Å². The minimum atomic E-state index is 0.0539. The van der Waals surface area contributed by atoms with Crippen molar-refractivity contribution in [1.82, 2.24) is 15.0 Å². The van der Waals surface area contributed by atoms with Crippen LogP contribution in [-0.2, 0) is 17.8 Å². The summed E-state index contributed by atoms with van der Waals surface area (Å²) in [5.41, 5.74) is 2.08. The Hall–Kier alpha value is -2.99. The molecule has 0 spiro atoms. The third-order valence-electron chi connectivity index (χ3n) is 4.51. The average Bonchev–Trinajstić information content (AvgIpc) is 3.38. The van der Waals surface area contributed by atoms with Gasteiger partial charge in [0.1, 0.15) is 0 Å². The fraction of sp³-hybridized carbons (Fsp3) is 0.190. The molecule has 0 saturated carbocycles. The Labute approximate surface area is 161 Å². The van der Waals surface area contributed by atoms with E-state index >= 15 is 0 Å². The van der Waals surface area contributed by atoms with Crippen LogP contribution in [0, 0.1) is 0 Å². The molecule has 0 N–H and O–H groups in total. The molecular formula is C21H19N3O2S. The zero-order valence-corrected chi connectivity index (χ0v) is 15.8. The molecule has 4 aromatic rings. The summed E-state index contributed by atoms with van der Waals surface area (Å²) in [7, 11) is 1.83. The molecule has 1 amide bonds. The highest BCUT2D eigenvalue weighted by atomic mass is 32.1. The van der Waals surface area contributed by atoms with Crippen LogP contribution in [-0.4, -0.2) is 28.0 Å². The van der Waals surface area contributed by atoms with E-state index in [4.69, 9.17) is 4.52 Å². The molecule has 0 radical (unpaired) electrons. The van der Waals surface area contributed by atoms with Crippen molar-refractivity contribution in [3.63, 3.8) is 0 Å². The van der Waals surface area contributed by atoms with Crippen LogP contribution in [0.2, 0.25) is 0 Å². The number of hydrogen-bond donors (Lipinski definition) is 0. The van der Waals surface area contributed by atoms with E-state index in [0.717, 1.165) is 11.1 Å². The van der Waals surface area contributed by atoms with Gasteiger partial charge in [-0.1, -0.05) is 47.6 Å².